The lowest BCUT2D eigenvalue weighted by Crippen LogP contribution is -2.30. The molecule has 21 heavy (non-hydrogen) atoms. The van der Waals surface area contributed by atoms with Gasteiger partial charge in [0.1, 0.15) is 18.2 Å². The monoisotopic (exact) mass is 351 g/mol. The van der Waals surface area contributed by atoms with E-state index in [1.54, 1.807) is 13.1 Å². The predicted molar refractivity (Wildman–Crippen MR) is 83.0 cm³/mol. The van der Waals surface area contributed by atoms with Gasteiger partial charge in [0, 0.05) is 12.6 Å². The molecule has 110 valence electrons. The Bertz CT molecular complexity index is 619. The number of benzene rings is 2. The van der Waals surface area contributed by atoms with E-state index in [1.807, 2.05) is 30.3 Å². The quantitative estimate of drug-likeness (QED) is 0.821. The molecule has 0 aliphatic carbocycles. The van der Waals surface area contributed by atoms with E-state index in [4.69, 9.17) is 4.74 Å². The summed E-state index contributed by atoms with van der Waals surface area (Å²) in [5.41, 5.74) is 0.318. The summed E-state index contributed by atoms with van der Waals surface area (Å²) in [5, 5.41) is 0. The van der Waals surface area contributed by atoms with Gasteiger partial charge in [0.2, 0.25) is 0 Å². The van der Waals surface area contributed by atoms with Crippen molar-refractivity contribution in [2.45, 2.75) is 0 Å². The van der Waals surface area contributed by atoms with Gasteiger partial charge in [-0.2, -0.15) is 0 Å². The Kier molecular flexibility index (Phi) is 5.33. The van der Waals surface area contributed by atoms with Gasteiger partial charge in [-0.05, 0) is 46.3 Å². The standard InChI is InChI=1S/C16H15BrFNO2/c1-19(9-10-21-13-5-3-2-4-6-13)16(20)12-7-8-14(17)15(18)11-12/h2-8,11H,9-10H2,1H3. The van der Waals surface area contributed by atoms with Crippen molar-refractivity contribution in [3.05, 3.63) is 64.4 Å². The molecule has 2 aromatic carbocycles. The summed E-state index contributed by atoms with van der Waals surface area (Å²) in [6, 6.07) is 13.7. The first-order valence-electron chi connectivity index (χ1n) is 6.46. The van der Waals surface area contributed by atoms with Gasteiger partial charge in [0.05, 0.1) is 11.0 Å². The van der Waals surface area contributed by atoms with E-state index in [0.29, 0.717) is 23.2 Å². The van der Waals surface area contributed by atoms with Crippen LogP contribution in [0.15, 0.2) is 53.0 Å². The summed E-state index contributed by atoms with van der Waals surface area (Å²) < 4.78 is 19.3. The number of likely N-dealkylation sites (N-methyl/N-ethyl adjacent to an activating group) is 1. The molecule has 2 aromatic rings. The first-order chi connectivity index (χ1) is 10.1. The fraction of sp³-hybridized carbons (Fsp3) is 0.188. The van der Waals surface area contributed by atoms with Crippen molar-refractivity contribution in [1.29, 1.82) is 0 Å². The lowest BCUT2D eigenvalue weighted by atomic mass is 10.2. The number of halogens is 2. The minimum Gasteiger partial charge on any atom is -0.492 e. The zero-order valence-electron chi connectivity index (χ0n) is 11.6. The van der Waals surface area contributed by atoms with Gasteiger partial charge in [0.25, 0.3) is 5.91 Å². The SMILES string of the molecule is CN(CCOc1ccccc1)C(=O)c1ccc(Br)c(F)c1. The normalized spacial score (nSPS) is 10.2. The number of para-hydroxylation sites is 1. The molecule has 0 aromatic heterocycles. The molecule has 0 fully saturated rings. The summed E-state index contributed by atoms with van der Waals surface area (Å²) in [6.07, 6.45) is 0. The van der Waals surface area contributed by atoms with E-state index in [1.165, 1.54) is 17.0 Å². The maximum Gasteiger partial charge on any atom is 0.253 e. The molecule has 0 radical (unpaired) electrons. The fourth-order valence-electron chi connectivity index (χ4n) is 1.77. The first-order valence-corrected chi connectivity index (χ1v) is 7.25. The molecule has 0 aliphatic heterocycles. The molecule has 5 heteroatoms. The third kappa shape index (κ3) is 4.29. The maximum atomic E-state index is 13.4. The van der Waals surface area contributed by atoms with Gasteiger partial charge in [0.15, 0.2) is 0 Å². The van der Waals surface area contributed by atoms with Gasteiger partial charge in [-0.3, -0.25) is 4.79 Å². The minimum absolute atomic E-state index is 0.238. The topological polar surface area (TPSA) is 29.5 Å². The van der Waals surface area contributed by atoms with Crippen LogP contribution < -0.4 is 4.74 Å². The molecular formula is C16H15BrFNO2. The Morgan fingerprint density at radius 3 is 2.62 bits per heavy atom. The van der Waals surface area contributed by atoms with Gasteiger partial charge >= 0.3 is 0 Å². The lowest BCUT2D eigenvalue weighted by Gasteiger charge is -2.17. The Hall–Kier alpha value is -1.88. The van der Waals surface area contributed by atoms with Gasteiger partial charge in [-0.1, -0.05) is 18.2 Å². The Morgan fingerprint density at radius 2 is 1.95 bits per heavy atom. The van der Waals surface area contributed by atoms with Crippen LogP contribution in [0, 0.1) is 5.82 Å². The Morgan fingerprint density at radius 1 is 1.24 bits per heavy atom. The van der Waals surface area contributed by atoms with Crippen molar-refractivity contribution in [2.75, 3.05) is 20.2 Å². The summed E-state index contributed by atoms with van der Waals surface area (Å²) in [4.78, 5) is 13.6. The lowest BCUT2D eigenvalue weighted by molar-refractivity contribution is 0.0773. The Balaban J connectivity index is 1.89. The third-order valence-corrected chi connectivity index (χ3v) is 3.59. The van der Waals surface area contributed by atoms with Crippen LogP contribution in [-0.2, 0) is 0 Å². The average Bonchev–Trinajstić information content (AvgIpc) is 2.50. The molecule has 0 N–H and O–H groups in total. The number of carbonyl (C=O) groups is 1. The van der Waals surface area contributed by atoms with Gasteiger partial charge in [-0.15, -0.1) is 0 Å². The van der Waals surface area contributed by atoms with Crippen LogP contribution in [0.1, 0.15) is 10.4 Å². The second-order valence-corrected chi connectivity index (χ2v) is 5.37. The van der Waals surface area contributed by atoms with Crippen LogP contribution in [0.5, 0.6) is 5.75 Å². The van der Waals surface area contributed by atoms with Crippen LogP contribution in [0.2, 0.25) is 0 Å². The number of amides is 1. The highest BCUT2D eigenvalue weighted by Crippen LogP contribution is 2.17. The zero-order chi connectivity index (χ0) is 15.2. The molecule has 0 saturated carbocycles. The van der Waals surface area contributed by atoms with Crippen molar-refractivity contribution in [2.24, 2.45) is 0 Å². The number of nitrogens with zero attached hydrogens (tertiary/aromatic N) is 1. The molecule has 0 spiro atoms. The Labute approximate surface area is 131 Å². The minimum atomic E-state index is -0.449. The smallest absolute Gasteiger partial charge is 0.253 e. The van der Waals surface area contributed by atoms with Crippen LogP contribution in [-0.4, -0.2) is 31.0 Å². The molecular weight excluding hydrogens is 337 g/mol. The molecule has 1 amide bonds. The van der Waals surface area contributed by atoms with Crippen LogP contribution in [0.4, 0.5) is 4.39 Å². The van der Waals surface area contributed by atoms with Crippen molar-refractivity contribution in [3.8, 4) is 5.75 Å². The molecule has 0 saturated heterocycles. The molecule has 3 nitrogen and oxygen atoms in total. The van der Waals surface area contributed by atoms with Crippen LogP contribution in [0.25, 0.3) is 0 Å². The molecule has 0 unspecified atom stereocenters. The summed E-state index contributed by atoms with van der Waals surface area (Å²) in [7, 11) is 1.66. The molecule has 0 atom stereocenters. The summed E-state index contributed by atoms with van der Waals surface area (Å²) in [5.74, 6) is 0.0703. The fourth-order valence-corrected chi connectivity index (χ4v) is 2.01. The highest BCUT2D eigenvalue weighted by Gasteiger charge is 2.13. The zero-order valence-corrected chi connectivity index (χ0v) is 13.1. The summed E-state index contributed by atoms with van der Waals surface area (Å²) >= 11 is 3.06. The summed E-state index contributed by atoms with van der Waals surface area (Å²) in [6.45, 7) is 0.802. The third-order valence-electron chi connectivity index (χ3n) is 2.95. The van der Waals surface area contributed by atoms with Crippen LogP contribution in [0.3, 0.4) is 0 Å². The highest BCUT2D eigenvalue weighted by atomic mass is 79.9. The van der Waals surface area contributed by atoms with Gasteiger partial charge in [-0.25, -0.2) is 4.39 Å². The van der Waals surface area contributed by atoms with Crippen molar-refractivity contribution >= 4 is 21.8 Å². The largest absolute Gasteiger partial charge is 0.492 e. The molecule has 0 heterocycles. The number of carbonyl (C=O) groups excluding carboxylic acids is 1. The van der Waals surface area contributed by atoms with E-state index in [2.05, 4.69) is 15.9 Å². The van der Waals surface area contributed by atoms with Crippen molar-refractivity contribution < 1.29 is 13.9 Å². The van der Waals surface area contributed by atoms with Crippen molar-refractivity contribution in [3.63, 3.8) is 0 Å². The number of rotatable bonds is 5. The number of hydrogen-bond donors (Lipinski definition) is 0. The molecule has 2 rings (SSSR count). The van der Waals surface area contributed by atoms with E-state index in [9.17, 15) is 9.18 Å². The van der Waals surface area contributed by atoms with Crippen LogP contribution >= 0.6 is 15.9 Å². The molecule has 0 bridgehead atoms. The van der Waals surface area contributed by atoms with E-state index in [-0.39, 0.29) is 5.91 Å². The first kappa shape index (κ1) is 15.5. The second kappa shape index (κ2) is 7.22. The number of hydrogen-bond acceptors (Lipinski definition) is 2. The molecule has 0 aliphatic rings. The van der Waals surface area contributed by atoms with E-state index >= 15 is 0 Å². The second-order valence-electron chi connectivity index (χ2n) is 4.52. The van der Waals surface area contributed by atoms with E-state index < -0.39 is 5.82 Å². The average molecular weight is 352 g/mol. The highest BCUT2D eigenvalue weighted by molar-refractivity contribution is 9.10. The maximum absolute atomic E-state index is 13.4. The number of ether oxygens (including phenoxy) is 1. The predicted octanol–water partition coefficient (Wildman–Crippen LogP) is 3.74. The van der Waals surface area contributed by atoms with Crippen molar-refractivity contribution in [1.82, 2.24) is 4.90 Å². The van der Waals surface area contributed by atoms with Gasteiger partial charge < -0.3 is 9.64 Å². The van der Waals surface area contributed by atoms with E-state index in [0.717, 1.165) is 5.75 Å².